The van der Waals surface area contributed by atoms with Gasteiger partial charge in [-0.25, -0.2) is 9.97 Å². The molecular formula is C15H24N4. The molecule has 1 heterocycles. The molecule has 0 aromatic carbocycles. The van der Waals surface area contributed by atoms with E-state index in [0.29, 0.717) is 6.54 Å². The summed E-state index contributed by atoms with van der Waals surface area (Å²) in [6.07, 6.45) is 10.5. The molecule has 2 fully saturated rings. The molecule has 0 aliphatic heterocycles. The topological polar surface area (TPSA) is 55.0 Å². The summed E-state index contributed by atoms with van der Waals surface area (Å²) in [5.41, 5.74) is 6.66. The Morgan fingerprint density at radius 2 is 2.05 bits per heavy atom. The van der Waals surface area contributed by atoms with Crippen LogP contribution in [-0.4, -0.2) is 30.1 Å². The zero-order valence-corrected chi connectivity index (χ0v) is 11.8. The highest BCUT2D eigenvalue weighted by Crippen LogP contribution is 2.48. The third-order valence-electron chi connectivity index (χ3n) is 4.86. The average Bonchev–Trinajstić information content (AvgIpc) is 3.02. The van der Waals surface area contributed by atoms with Gasteiger partial charge in [-0.15, -0.1) is 0 Å². The van der Waals surface area contributed by atoms with Gasteiger partial charge in [0.1, 0.15) is 0 Å². The Labute approximate surface area is 115 Å². The quantitative estimate of drug-likeness (QED) is 0.878. The number of nitrogens with zero attached hydrogens (tertiary/aromatic N) is 3. The Kier molecular flexibility index (Phi) is 3.69. The maximum absolute atomic E-state index is 5.54. The highest BCUT2D eigenvalue weighted by Gasteiger charge is 2.39. The molecule has 1 aromatic heterocycles. The van der Waals surface area contributed by atoms with E-state index >= 15 is 0 Å². The lowest BCUT2D eigenvalue weighted by molar-refractivity contribution is 0.336. The third-order valence-corrected chi connectivity index (χ3v) is 4.86. The van der Waals surface area contributed by atoms with Gasteiger partial charge in [-0.2, -0.15) is 0 Å². The summed E-state index contributed by atoms with van der Waals surface area (Å²) in [6.45, 7) is 1.76. The van der Waals surface area contributed by atoms with Crippen LogP contribution in [0, 0.1) is 17.8 Å². The lowest BCUT2D eigenvalue weighted by Crippen LogP contribution is -2.29. The molecule has 2 aliphatic rings. The fraction of sp³-hybridized carbons (Fsp3) is 0.733. The zero-order chi connectivity index (χ0) is 13.2. The van der Waals surface area contributed by atoms with E-state index in [1.807, 2.05) is 12.4 Å². The number of aromatic nitrogens is 2. The van der Waals surface area contributed by atoms with Crippen LogP contribution in [0.5, 0.6) is 0 Å². The van der Waals surface area contributed by atoms with Gasteiger partial charge in [0.05, 0.1) is 0 Å². The average molecular weight is 260 g/mol. The molecule has 104 valence electrons. The number of hydrogen-bond acceptors (Lipinski definition) is 4. The largest absolute Gasteiger partial charge is 0.344 e. The normalized spacial score (nSPS) is 28.8. The van der Waals surface area contributed by atoms with Gasteiger partial charge in [-0.3, -0.25) is 0 Å². The van der Waals surface area contributed by atoms with E-state index in [9.17, 15) is 0 Å². The van der Waals surface area contributed by atoms with Crippen LogP contribution >= 0.6 is 0 Å². The van der Waals surface area contributed by atoms with Crippen LogP contribution in [0.15, 0.2) is 12.4 Å². The van der Waals surface area contributed by atoms with Gasteiger partial charge in [0.25, 0.3) is 0 Å². The van der Waals surface area contributed by atoms with Crippen LogP contribution in [-0.2, 0) is 6.42 Å². The van der Waals surface area contributed by atoms with Crippen LogP contribution in [0.2, 0.25) is 0 Å². The fourth-order valence-corrected chi connectivity index (χ4v) is 3.87. The molecular weight excluding hydrogens is 236 g/mol. The van der Waals surface area contributed by atoms with Crippen molar-refractivity contribution in [2.24, 2.45) is 23.5 Å². The van der Waals surface area contributed by atoms with E-state index in [4.69, 9.17) is 5.73 Å². The minimum Gasteiger partial charge on any atom is -0.344 e. The monoisotopic (exact) mass is 260 g/mol. The van der Waals surface area contributed by atoms with E-state index in [0.717, 1.165) is 42.2 Å². The number of rotatable bonds is 5. The molecule has 0 amide bonds. The summed E-state index contributed by atoms with van der Waals surface area (Å²) in [5.74, 6) is 3.68. The third kappa shape index (κ3) is 2.73. The number of fused-ring (bicyclic) bond motifs is 2. The molecule has 2 N–H and O–H groups in total. The first kappa shape index (κ1) is 12.9. The molecule has 3 unspecified atom stereocenters. The number of anilines is 1. The Balaban J connectivity index is 1.59. The second-order valence-electron chi connectivity index (χ2n) is 6.25. The van der Waals surface area contributed by atoms with Crippen molar-refractivity contribution >= 4 is 5.95 Å². The lowest BCUT2D eigenvalue weighted by atomic mass is 9.88. The SMILES string of the molecule is CN(CC1CC2CCC1C2)c1ncc(CCN)cn1. The van der Waals surface area contributed by atoms with Crippen LogP contribution in [0.4, 0.5) is 5.95 Å². The Bertz CT molecular complexity index is 417. The second-order valence-corrected chi connectivity index (χ2v) is 6.25. The van der Waals surface area contributed by atoms with E-state index in [2.05, 4.69) is 21.9 Å². The van der Waals surface area contributed by atoms with Gasteiger partial charge in [-0.1, -0.05) is 6.42 Å². The Hall–Kier alpha value is -1.16. The first-order valence-corrected chi connectivity index (χ1v) is 7.48. The fourth-order valence-electron chi connectivity index (χ4n) is 3.87. The first-order chi connectivity index (χ1) is 9.26. The van der Waals surface area contributed by atoms with Crippen molar-refractivity contribution in [3.63, 3.8) is 0 Å². The molecule has 2 aliphatic carbocycles. The maximum Gasteiger partial charge on any atom is 0.225 e. The summed E-state index contributed by atoms with van der Waals surface area (Å²) in [7, 11) is 2.12. The summed E-state index contributed by atoms with van der Waals surface area (Å²) in [6, 6.07) is 0. The van der Waals surface area contributed by atoms with Gasteiger partial charge >= 0.3 is 0 Å². The number of hydrogen-bond donors (Lipinski definition) is 1. The highest BCUT2D eigenvalue weighted by atomic mass is 15.2. The lowest BCUT2D eigenvalue weighted by Gasteiger charge is -2.27. The molecule has 4 heteroatoms. The summed E-state index contributed by atoms with van der Waals surface area (Å²) < 4.78 is 0. The molecule has 0 spiro atoms. The van der Waals surface area contributed by atoms with Crippen LogP contribution in [0.3, 0.4) is 0 Å². The zero-order valence-electron chi connectivity index (χ0n) is 11.8. The van der Waals surface area contributed by atoms with E-state index < -0.39 is 0 Å². The van der Waals surface area contributed by atoms with Gasteiger partial charge in [0, 0.05) is 26.0 Å². The molecule has 3 atom stereocenters. The van der Waals surface area contributed by atoms with Gasteiger partial charge in [-0.05, 0) is 55.5 Å². The molecule has 2 bridgehead atoms. The minimum atomic E-state index is 0.656. The van der Waals surface area contributed by atoms with E-state index in [1.54, 1.807) is 0 Å². The van der Waals surface area contributed by atoms with Crippen molar-refractivity contribution in [2.45, 2.75) is 32.1 Å². The molecule has 3 rings (SSSR count). The summed E-state index contributed by atoms with van der Waals surface area (Å²) in [5, 5.41) is 0. The van der Waals surface area contributed by atoms with Crippen molar-refractivity contribution in [3.05, 3.63) is 18.0 Å². The van der Waals surface area contributed by atoms with Crippen molar-refractivity contribution in [3.8, 4) is 0 Å². The molecule has 2 saturated carbocycles. The van der Waals surface area contributed by atoms with Gasteiger partial charge in [0.15, 0.2) is 0 Å². The minimum absolute atomic E-state index is 0.656. The van der Waals surface area contributed by atoms with Crippen molar-refractivity contribution in [1.29, 1.82) is 0 Å². The van der Waals surface area contributed by atoms with Crippen molar-refractivity contribution < 1.29 is 0 Å². The maximum atomic E-state index is 5.54. The van der Waals surface area contributed by atoms with Crippen LogP contribution < -0.4 is 10.6 Å². The standard InChI is InChI=1S/C15H24N4/c1-19(10-14-7-11-2-3-13(14)6-11)15-17-8-12(4-5-16)9-18-15/h8-9,11,13-14H,2-7,10,16H2,1H3. The van der Waals surface area contributed by atoms with Crippen molar-refractivity contribution in [2.75, 3.05) is 25.0 Å². The predicted octanol–water partition coefficient (Wildman–Crippen LogP) is 1.85. The number of nitrogens with two attached hydrogens (primary N) is 1. The van der Waals surface area contributed by atoms with Crippen LogP contribution in [0.25, 0.3) is 0 Å². The molecule has 0 saturated heterocycles. The molecule has 19 heavy (non-hydrogen) atoms. The summed E-state index contributed by atoms with van der Waals surface area (Å²) >= 11 is 0. The van der Waals surface area contributed by atoms with Crippen LogP contribution in [0.1, 0.15) is 31.2 Å². The van der Waals surface area contributed by atoms with Gasteiger partial charge in [0.2, 0.25) is 5.95 Å². The van der Waals surface area contributed by atoms with E-state index in [-0.39, 0.29) is 0 Å². The Morgan fingerprint density at radius 3 is 2.63 bits per heavy atom. The molecule has 4 nitrogen and oxygen atoms in total. The second kappa shape index (κ2) is 5.45. The smallest absolute Gasteiger partial charge is 0.225 e. The summed E-state index contributed by atoms with van der Waals surface area (Å²) in [4.78, 5) is 11.1. The molecule has 0 radical (unpaired) electrons. The molecule has 1 aromatic rings. The Morgan fingerprint density at radius 1 is 1.26 bits per heavy atom. The predicted molar refractivity (Wildman–Crippen MR) is 77.0 cm³/mol. The van der Waals surface area contributed by atoms with Crippen molar-refractivity contribution in [1.82, 2.24) is 9.97 Å². The first-order valence-electron chi connectivity index (χ1n) is 7.48. The van der Waals surface area contributed by atoms with E-state index in [1.165, 1.54) is 25.7 Å². The highest BCUT2D eigenvalue weighted by molar-refractivity contribution is 5.28. The van der Waals surface area contributed by atoms with Gasteiger partial charge < -0.3 is 10.6 Å².